The lowest BCUT2D eigenvalue weighted by Gasteiger charge is -2.06. The zero-order valence-corrected chi connectivity index (χ0v) is 13.9. The van der Waals surface area contributed by atoms with Crippen LogP contribution in [0.25, 0.3) is 17.0 Å². The Morgan fingerprint density at radius 2 is 1.84 bits per heavy atom. The van der Waals surface area contributed by atoms with Crippen molar-refractivity contribution in [3.05, 3.63) is 77.4 Å². The highest BCUT2D eigenvalue weighted by atomic mass is 32.1. The molecule has 124 valence electrons. The molecule has 2 N–H and O–H groups in total. The number of nitrogens with one attached hydrogen (secondary N) is 2. The van der Waals surface area contributed by atoms with Crippen LogP contribution < -0.4 is 10.6 Å². The molecule has 0 bridgehead atoms. The summed E-state index contributed by atoms with van der Waals surface area (Å²) >= 11 is 4.96. The molecule has 2 heterocycles. The minimum Gasteiger partial charge on any atom is -0.342 e. The number of benzene rings is 2. The Kier molecular flexibility index (Phi) is 3.82. The summed E-state index contributed by atoms with van der Waals surface area (Å²) in [5.41, 5.74) is 2.85. The maximum absolute atomic E-state index is 14.0. The maximum Gasteiger partial charge on any atom is 0.273 e. The van der Waals surface area contributed by atoms with Gasteiger partial charge in [-0.2, -0.15) is 0 Å². The van der Waals surface area contributed by atoms with Gasteiger partial charge in [0.05, 0.1) is 6.54 Å². The van der Waals surface area contributed by atoms with E-state index < -0.39 is 0 Å². The smallest absolute Gasteiger partial charge is 0.273 e. The van der Waals surface area contributed by atoms with Crippen molar-refractivity contribution in [2.75, 3.05) is 0 Å². The molecule has 1 aliphatic heterocycles. The van der Waals surface area contributed by atoms with Gasteiger partial charge in [0.25, 0.3) is 5.91 Å². The first-order valence-electron chi connectivity index (χ1n) is 7.77. The topological polar surface area (TPSA) is 46.1 Å². The number of fused-ring (bicyclic) bond motifs is 1. The molecule has 4 nitrogen and oxygen atoms in total. The van der Waals surface area contributed by atoms with Crippen LogP contribution in [0.3, 0.4) is 0 Å². The fourth-order valence-corrected chi connectivity index (χ4v) is 3.17. The van der Waals surface area contributed by atoms with Crippen LogP contribution in [0.15, 0.2) is 60.4 Å². The first kappa shape index (κ1) is 15.5. The van der Waals surface area contributed by atoms with E-state index in [1.54, 1.807) is 18.2 Å². The molecule has 6 heteroatoms. The third kappa shape index (κ3) is 2.92. The number of para-hydroxylation sites is 1. The van der Waals surface area contributed by atoms with E-state index in [-0.39, 0.29) is 11.7 Å². The van der Waals surface area contributed by atoms with Crippen molar-refractivity contribution in [3.63, 3.8) is 0 Å². The highest BCUT2D eigenvalue weighted by molar-refractivity contribution is 7.80. The largest absolute Gasteiger partial charge is 0.342 e. The van der Waals surface area contributed by atoms with Gasteiger partial charge in [-0.05, 0) is 30.4 Å². The second kappa shape index (κ2) is 6.14. The monoisotopic (exact) mass is 351 g/mol. The highest BCUT2D eigenvalue weighted by Crippen LogP contribution is 2.25. The minimum atomic E-state index is -0.254. The lowest BCUT2D eigenvalue weighted by molar-refractivity contribution is -0.115. The van der Waals surface area contributed by atoms with E-state index in [0.717, 1.165) is 16.5 Å². The third-order valence-corrected chi connectivity index (χ3v) is 4.34. The van der Waals surface area contributed by atoms with Gasteiger partial charge in [-0.1, -0.05) is 36.4 Å². The summed E-state index contributed by atoms with van der Waals surface area (Å²) in [5.74, 6) is -0.488. The van der Waals surface area contributed by atoms with Crippen LogP contribution in [0.4, 0.5) is 4.39 Å². The van der Waals surface area contributed by atoms with Crippen LogP contribution in [0.5, 0.6) is 0 Å². The average molecular weight is 351 g/mol. The van der Waals surface area contributed by atoms with Crippen molar-refractivity contribution in [1.82, 2.24) is 15.2 Å². The van der Waals surface area contributed by atoms with Crippen molar-refractivity contribution >= 4 is 40.2 Å². The molecule has 0 atom stereocenters. The molecule has 0 aliphatic carbocycles. The van der Waals surface area contributed by atoms with Gasteiger partial charge >= 0.3 is 0 Å². The average Bonchev–Trinajstić information content (AvgIpc) is 3.10. The number of amides is 1. The standard InChI is InChI=1S/C19H14FN3OS/c20-15-7-3-1-5-12(15)10-23-11-13(14-6-2-4-8-17(14)23)9-16-18(24)22-19(25)21-16/h1-9,11H,10H2,(H2,21,22,24,25)/b16-9+. The van der Waals surface area contributed by atoms with Crippen molar-refractivity contribution < 1.29 is 9.18 Å². The molecule has 1 amide bonds. The molecule has 3 aromatic rings. The summed E-state index contributed by atoms with van der Waals surface area (Å²) in [6, 6.07) is 14.5. The van der Waals surface area contributed by atoms with E-state index in [1.807, 2.05) is 41.1 Å². The number of hydrogen-bond acceptors (Lipinski definition) is 2. The molecular formula is C19H14FN3OS. The predicted molar refractivity (Wildman–Crippen MR) is 99.3 cm³/mol. The Morgan fingerprint density at radius 3 is 2.60 bits per heavy atom. The van der Waals surface area contributed by atoms with Gasteiger partial charge in [-0.25, -0.2) is 4.39 Å². The molecule has 4 rings (SSSR count). The molecule has 0 unspecified atom stereocenters. The Bertz CT molecular complexity index is 1040. The number of aromatic nitrogens is 1. The van der Waals surface area contributed by atoms with Crippen LogP contribution in [-0.4, -0.2) is 15.6 Å². The van der Waals surface area contributed by atoms with Crippen LogP contribution in [0, 0.1) is 5.82 Å². The number of nitrogens with zero attached hydrogens (tertiary/aromatic N) is 1. The number of carbonyl (C=O) groups excluding carboxylic acids is 1. The Balaban J connectivity index is 1.79. The van der Waals surface area contributed by atoms with E-state index in [1.165, 1.54) is 6.07 Å². The maximum atomic E-state index is 14.0. The first-order chi connectivity index (χ1) is 12.1. The van der Waals surface area contributed by atoms with E-state index in [4.69, 9.17) is 12.2 Å². The summed E-state index contributed by atoms with van der Waals surface area (Å²) in [4.78, 5) is 11.9. The highest BCUT2D eigenvalue weighted by Gasteiger charge is 2.20. The molecule has 0 radical (unpaired) electrons. The SMILES string of the molecule is O=C1NC(=S)N/C1=C/c1cn(Cc2ccccc2F)c2ccccc12. The molecule has 0 saturated carbocycles. The Morgan fingerprint density at radius 1 is 1.08 bits per heavy atom. The fraction of sp³-hybridized carbons (Fsp3) is 0.0526. The fourth-order valence-electron chi connectivity index (χ4n) is 2.97. The summed E-state index contributed by atoms with van der Waals surface area (Å²) in [5, 5.41) is 6.68. The molecule has 1 aliphatic rings. The van der Waals surface area contributed by atoms with Crippen LogP contribution in [-0.2, 0) is 11.3 Å². The molecule has 25 heavy (non-hydrogen) atoms. The molecule has 2 aromatic carbocycles. The van der Waals surface area contributed by atoms with Gasteiger partial charge in [0.2, 0.25) is 0 Å². The number of thiocarbonyl (C=S) groups is 1. The predicted octanol–water partition coefficient (Wildman–Crippen LogP) is 3.17. The van der Waals surface area contributed by atoms with Crippen molar-refractivity contribution in [1.29, 1.82) is 0 Å². The lowest BCUT2D eigenvalue weighted by Crippen LogP contribution is -2.21. The van der Waals surface area contributed by atoms with Crippen LogP contribution >= 0.6 is 12.2 Å². The van der Waals surface area contributed by atoms with Gasteiger partial charge in [0, 0.05) is 28.2 Å². The lowest BCUT2D eigenvalue weighted by atomic mass is 10.1. The second-order valence-corrected chi connectivity index (χ2v) is 6.20. The van der Waals surface area contributed by atoms with Gasteiger partial charge in [0.15, 0.2) is 5.11 Å². The summed E-state index contributed by atoms with van der Waals surface area (Å²) in [6.45, 7) is 0.411. The second-order valence-electron chi connectivity index (χ2n) is 5.79. The number of hydrogen-bond donors (Lipinski definition) is 2. The molecule has 1 saturated heterocycles. The third-order valence-electron chi connectivity index (χ3n) is 4.14. The molecular weight excluding hydrogens is 337 g/mol. The summed E-state index contributed by atoms with van der Waals surface area (Å²) in [6.07, 6.45) is 3.68. The molecule has 1 aromatic heterocycles. The van der Waals surface area contributed by atoms with Gasteiger partial charge < -0.3 is 9.88 Å². The van der Waals surface area contributed by atoms with E-state index >= 15 is 0 Å². The van der Waals surface area contributed by atoms with E-state index in [0.29, 0.717) is 22.9 Å². The first-order valence-corrected chi connectivity index (χ1v) is 8.18. The van der Waals surface area contributed by atoms with Crippen molar-refractivity contribution in [2.45, 2.75) is 6.54 Å². The number of halogens is 1. The molecule has 1 fully saturated rings. The zero-order chi connectivity index (χ0) is 17.4. The van der Waals surface area contributed by atoms with Crippen molar-refractivity contribution in [3.8, 4) is 0 Å². The Labute approximate surface area is 149 Å². The van der Waals surface area contributed by atoms with Crippen LogP contribution in [0.2, 0.25) is 0 Å². The Hall–Kier alpha value is -2.99. The summed E-state index contributed by atoms with van der Waals surface area (Å²) < 4.78 is 16.0. The normalized spacial score (nSPS) is 15.6. The number of carbonyl (C=O) groups is 1. The minimum absolute atomic E-state index is 0.234. The van der Waals surface area contributed by atoms with Gasteiger partial charge in [-0.3, -0.25) is 10.1 Å². The van der Waals surface area contributed by atoms with Gasteiger partial charge in [-0.15, -0.1) is 0 Å². The molecule has 0 spiro atoms. The van der Waals surface area contributed by atoms with E-state index in [2.05, 4.69) is 10.6 Å². The zero-order valence-electron chi connectivity index (χ0n) is 13.1. The van der Waals surface area contributed by atoms with Crippen LogP contribution in [0.1, 0.15) is 11.1 Å². The van der Waals surface area contributed by atoms with Crippen molar-refractivity contribution in [2.24, 2.45) is 0 Å². The van der Waals surface area contributed by atoms with E-state index in [9.17, 15) is 9.18 Å². The number of rotatable bonds is 3. The summed E-state index contributed by atoms with van der Waals surface area (Å²) in [7, 11) is 0. The quantitative estimate of drug-likeness (QED) is 0.563. The van der Waals surface area contributed by atoms with Gasteiger partial charge in [0.1, 0.15) is 11.5 Å².